The molecule has 1 heterocycles. The molecule has 35 heavy (non-hydrogen) atoms. The van der Waals surface area contributed by atoms with Gasteiger partial charge in [0.25, 0.3) is 0 Å². The number of aromatic nitrogens is 2. The van der Waals surface area contributed by atoms with E-state index in [1.54, 1.807) is 0 Å². The molecule has 0 bridgehead atoms. The van der Waals surface area contributed by atoms with Crippen LogP contribution in [0.5, 0.6) is 0 Å². The second-order valence-corrected chi connectivity index (χ2v) is 9.14. The van der Waals surface area contributed by atoms with Gasteiger partial charge in [0.05, 0.1) is 0 Å². The number of benzene rings is 3. The number of urea groups is 1. The standard InChI is InChI=1S/C27H27N5O2S/c1-3-19-10-7-11-22(16-19)28-26(34)29-23(17-20-8-5-4-6-9-20)24(33)30-27-32-31-25(35-27)21-14-12-18(2)13-15-21/h4-16,23H,3,17H2,1-2H3,(H2,28,29,34)(H,30,32,33). The third kappa shape index (κ3) is 6.74. The molecule has 0 saturated carbocycles. The summed E-state index contributed by atoms with van der Waals surface area (Å²) in [7, 11) is 0. The topological polar surface area (TPSA) is 96.0 Å². The molecule has 1 aromatic heterocycles. The highest BCUT2D eigenvalue weighted by molar-refractivity contribution is 7.18. The average molecular weight is 486 g/mol. The first-order chi connectivity index (χ1) is 17.0. The summed E-state index contributed by atoms with van der Waals surface area (Å²) in [5.41, 5.74) is 4.80. The summed E-state index contributed by atoms with van der Waals surface area (Å²) < 4.78 is 0. The lowest BCUT2D eigenvalue weighted by atomic mass is 10.1. The summed E-state index contributed by atoms with van der Waals surface area (Å²) in [4.78, 5) is 25.9. The fraction of sp³-hybridized carbons (Fsp3) is 0.185. The van der Waals surface area contributed by atoms with Crippen molar-refractivity contribution < 1.29 is 9.59 Å². The zero-order valence-corrected chi connectivity index (χ0v) is 20.4. The largest absolute Gasteiger partial charge is 0.326 e. The third-order valence-electron chi connectivity index (χ3n) is 5.45. The van der Waals surface area contributed by atoms with E-state index in [0.717, 1.165) is 28.7 Å². The lowest BCUT2D eigenvalue weighted by Crippen LogP contribution is -2.46. The number of rotatable bonds is 8. The van der Waals surface area contributed by atoms with Crippen molar-refractivity contribution in [2.45, 2.75) is 32.7 Å². The number of nitrogens with one attached hydrogen (secondary N) is 3. The van der Waals surface area contributed by atoms with Gasteiger partial charge in [-0.3, -0.25) is 10.1 Å². The first-order valence-electron chi connectivity index (χ1n) is 11.4. The van der Waals surface area contributed by atoms with Crippen LogP contribution in [0.1, 0.15) is 23.6 Å². The lowest BCUT2D eigenvalue weighted by Gasteiger charge is -2.18. The molecule has 3 N–H and O–H groups in total. The van der Waals surface area contributed by atoms with Crippen LogP contribution in [0.25, 0.3) is 10.6 Å². The predicted molar refractivity (Wildman–Crippen MR) is 141 cm³/mol. The summed E-state index contributed by atoms with van der Waals surface area (Å²) in [6.45, 7) is 4.07. The van der Waals surface area contributed by atoms with Crippen molar-refractivity contribution in [3.05, 3.63) is 95.6 Å². The smallest absolute Gasteiger partial charge is 0.319 e. The number of carbonyl (C=O) groups is 2. The number of aryl methyl sites for hydroxylation is 2. The summed E-state index contributed by atoms with van der Waals surface area (Å²) in [5, 5.41) is 17.9. The van der Waals surface area contributed by atoms with E-state index >= 15 is 0 Å². The molecule has 8 heteroatoms. The molecule has 0 radical (unpaired) electrons. The molecule has 3 amide bonds. The van der Waals surface area contributed by atoms with Gasteiger partial charge >= 0.3 is 6.03 Å². The highest BCUT2D eigenvalue weighted by atomic mass is 32.1. The Labute approximate surface area is 208 Å². The van der Waals surface area contributed by atoms with Gasteiger partial charge in [-0.05, 0) is 36.6 Å². The van der Waals surface area contributed by atoms with Gasteiger partial charge in [-0.2, -0.15) is 0 Å². The first-order valence-corrected chi connectivity index (χ1v) is 12.2. The molecule has 4 aromatic rings. The summed E-state index contributed by atoms with van der Waals surface area (Å²) in [6, 6.07) is 23.9. The van der Waals surface area contributed by atoms with Crippen LogP contribution in [-0.4, -0.2) is 28.2 Å². The average Bonchev–Trinajstić information content (AvgIpc) is 3.33. The van der Waals surface area contributed by atoms with Crippen molar-refractivity contribution in [3.63, 3.8) is 0 Å². The molecule has 0 aliphatic heterocycles. The highest BCUT2D eigenvalue weighted by Crippen LogP contribution is 2.26. The molecule has 1 unspecified atom stereocenters. The van der Waals surface area contributed by atoms with E-state index in [1.165, 1.54) is 11.3 Å². The number of amides is 3. The van der Waals surface area contributed by atoms with Crippen molar-refractivity contribution in [1.29, 1.82) is 0 Å². The van der Waals surface area contributed by atoms with E-state index in [9.17, 15) is 9.59 Å². The third-order valence-corrected chi connectivity index (χ3v) is 6.34. The van der Waals surface area contributed by atoms with Crippen LogP contribution < -0.4 is 16.0 Å². The Hall–Kier alpha value is -4.04. The van der Waals surface area contributed by atoms with Gasteiger partial charge in [-0.1, -0.05) is 90.6 Å². The number of hydrogen-bond donors (Lipinski definition) is 3. The van der Waals surface area contributed by atoms with Crippen molar-refractivity contribution >= 4 is 34.1 Å². The molecule has 0 fully saturated rings. The maximum absolute atomic E-state index is 13.2. The SMILES string of the molecule is CCc1cccc(NC(=O)NC(Cc2ccccc2)C(=O)Nc2nnc(-c3ccc(C)cc3)s2)c1. The minimum Gasteiger partial charge on any atom is -0.326 e. The van der Waals surface area contributed by atoms with E-state index in [0.29, 0.717) is 22.2 Å². The molecule has 7 nitrogen and oxygen atoms in total. The van der Waals surface area contributed by atoms with E-state index in [-0.39, 0.29) is 5.91 Å². The van der Waals surface area contributed by atoms with Crippen LogP contribution in [0, 0.1) is 6.92 Å². The second kappa shape index (κ2) is 11.4. The predicted octanol–water partition coefficient (Wildman–Crippen LogP) is 5.45. The molecule has 0 aliphatic carbocycles. The highest BCUT2D eigenvalue weighted by Gasteiger charge is 2.23. The van der Waals surface area contributed by atoms with Gasteiger partial charge in [0.1, 0.15) is 11.0 Å². The second-order valence-electron chi connectivity index (χ2n) is 8.16. The van der Waals surface area contributed by atoms with Crippen LogP contribution in [-0.2, 0) is 17.6 Å². The Morgan fingerprint density at radius 1 is 0.886 bits per heavy atom. The van der Waals surface area contributed by atoms with Crippen LogP contribution in [0.2, 0.25) is 0 Å². The van der Waals surface area contributed by atoms with Gasteiger partial charge in [-0.25, -0.2) is 4.79 Å². The molecule has 0 saturated heterocycles. The zero-order chi connectivity index (χ0) is 24.6. The Morgan fingerprint density at radius 2 is 1.63 bits per heavy atom. The Balaban J connectivity index is 1.47. The molecule has 1 atom stereocenters. The molecule has 3 aromatic carbocycles. The Bertz CT molecular complexity index is 1290. The van der Waals surface area contributed by atoms with Crippen molar-refractivity contribution in [1.82, 2.24) is 15.5 Å². The van der Waals surface area contributed by atoms with Crippen molar-refractivity contribution in [2.75, 3.05) is 10.6 Å². The number of nitrogens with zero attached hydrogens (tertiary/aromatic N) is 2. The van der Waals surface area contributed by atoms with Crippen molar-refractivity contribution in [2.24, 2.45) is 0 Å². The van der Waals surface area contributed by atoms with E-state index in [1.807, 2.05) is 85.8 Å². The van der Waals surface area contributed by atoms with Crippen LogP contribution >= 0.6 is 11.3 Å². The van der Waals surface area contributed by atoms with Gasteiger partial charge < -0.3 is 10.6 Å². The normalized spacial score (nSPS) is 11.5. The summed E-state index contributed by atoms with van der Waals surface area (Å²) in [6.07, 6.45) is 1.20. The summed E-state index contributed by atoms with van der Waals surface area (Å²) in [5.74, 6) is -0.363. The number of carbonyl (C=O) groups excluding carboxylic acids is 2. The molecule has 0 spiro atoms. The van der Waals surface area contributed by atoms with Crippen LogP contribution in [0.3, 0.4) is 0 Å². The van der Waals surface area contributed by atoms with Gasteiger partial charge in [-0.15, -0.1) is 10.2 Å². The molecule has 4 rings (SSSR count). The number of hydrogen-bond acceptors (Lipinski definition) is 5. The maximum atomic E-state index is 13.2. The first kappa shape index (κ1) is 24.1. The molecule has 178 valence electrons. The Kier molecular flexibility index (Phi) is 7.84. The van der Waals surface area contributed by atoms with Gasteiger partial charge in [0, 0.05) is 17.7 Å². The van der Waals surface area contributed by atoms with Gasteiger partial charge in [0.15, 0.2) is 0 Å². The fourth-order valence-corrected chi connectivity index (χ4v) is 4.28. The molecule has 0 aliphatic rings. The van der Waals surface area contributed by atoms with E-state index in [2.05, 4.69) is 33.1 Å². The van der Waals surface area contributed by atoms with Gasteiger partial charge in [0.2, 0.25) is 11.0 Å². The Morgan fingerprint density at radius 3 is 2.37 bits per heavy atom. The van der Waals surface area contributed by atoms with Crippen LogP contribution in [0.4, 0.5) is 15.6 Å². The number of anilines is 2. The fourth-order valence-electron chi connectivity index (χ4n) is 3.53. The lowest BCUT2D eigenvalue weighted by molar-refractivity contribution is -0.117. The van der Waals surface area contributed by atoms with E-state index in [4.69, 9.17) is 0 Å². The van der Waals surface area contributed by atoms with Crippen molar-refractivity contribution in [3.8, 4) is 10.6 Å². The zero-order valence-electron chi connectivity index (χ0n) is 19.6. The molecular weight excluding hydrogens is 458 g/mol. The summed E-state index contributed by atoms with van der Waals surface area (Å²) >= 11 is 1.29. The maximum Gasteiger partial charge on any atom is 0.319 e. The minimum absolute atomic E-state index is 0.332. The monoisotopic (exact) mass is 485 g/mol. The van der Waals surface area contributed by atoms with Crippen LogP contribution in [0.15, 0.2) is 78.9 Å². The quantitative estimate of drug-likeness (QED) is 0.309. The van der Waals surface area contributed by atoms with E-state index < -0.39 is 12.1 Å². The molecular formula is C27H27N5O2S. The minimum atomic E-state index is -0.807.